The molecule has 0 fully saturated rings. The Kier molecular flexibility index (Phi) is 4.50. The largest absolute Gasteiger partial charge is 0.443 e. The van der Waals surface area contributed by atoms with Crippen molar-refractivity contribution in [1.82, 2.24) is 25.6 Å². The monoisotopic (exact) mass is 302 g/mol. The molecule has 0 spiro atoms. The van der Waals surface area contributed by atoms with Gasteiger partial charge in [-0.15, -0.1) is 5.10 Å². The number of benzene rings is 1. The molecule has 1 aromatic carbocycles. The molecule has 0 saturated heterocycles. The predicted molar refractivity (Wildman–Crippen MR) is 80.7 cm³/mol. The Hall–Kier alpha value is -2.77. The van der Waals surface area contributed by atoms with Crippen LogP contribution in [0.25, 0.3) is 5.69 Å². The molecule has 0 atom stereocenters. The van der Waals surface area contributed by atoms with Gasteiger partial charge in [-0.25, -0.2) is 14.9 Å². The normalized spacial score (nSPS) is 12.1. The number of aromatic nitrogens is 4. The van der Waals surface area contributed by atoms with Crippen LogP contribution in [0.3, 0.4) is 0 Å². The first kappa shape index (κ1) is 15.6. The van der Waals surface area contributed by atoms with Crippen LogP contribution >= 0.6 is 0 Å². The highest BCUT2D eigenvalue weighted by atomic mass is 16.6. The minimum Gasteiger partial charge on any atom is -0.443 e. The molecule has 8 heteroatoms. The molecule has 116 valence electrons. The fraction of sp³-hybridized carbons (Fsp3) is 0.357. The van der Waals surface area contributed by atoms with E-state index in [1.165, 1.54) is 11.0 Å². The molecule has 22 heavy (non-hydrogen) atoms. The van der Waals surface area contributed by atoms with Gasteiger partial charge in [0.15, 0.2) is 0 Å². The van der Waals surface area contributed by atoms with Gasteiger partial charge in [0, 0.05) is 0 Å². The number of hydrazone groups is 1. The van der Waals surface area contributed by atoms with Crippen LogP contribution in [0.15, 0.2) is 35.7 Å². The Morgan fingerprint density at radius 1 is 1.36 bits per heavy atom. The van der Waals surface area contributed by atoms with Crippen molar-refractivity contribution in [2.75, 3.05) is 0 Å². The minimum atomic E-state index is -0.594. The van der Waals surface area contributed by atoms with Crippen molar-refractivity contribution in [2.24, 2.45) is 5.10 Å². The van der Waals surface area contributed by atoms with Crippen LogP contribution in [0.2, 0.25) is 0 Å². The molecule has 0 saturated carbocycles. The third-order valence-electron chi connectivity index (χ3n) is 2.59. The minimum absolute atomic E-state index is 0.562. The first-order valence-corrected chi connectivity index (χ1v) is 6.72. The lowest BCUT2D eigenvalue weighted by Crippen LogP contribution is -2.30. The molecule has 1 N–H and O–H groups in total. The van der Waals surface area contributed by atoms with Gasteiger partial charge in [0.1, 0.15) is 11.9 Å². The maximum Gasteiger partial charge on any atom is 0.428 e. The first-order valence-electron chi connectivity index (χ1n) is 6.72. The number of hydrogen-bond acceptors (Lipinski definition) is 6. The summed E-state index contributed by atoms with van der Waals surface area (Å²) in [5.74, 6) is 0. The van der Waals surface area contributed by atoms with Crippen LogP contribution in [0, 0.1) is 0 Å². The summed E-state index contributed by atoms with van der Waals surface area (Å²) in [6.07, 6.45) is 0.911. The van der Waals surface area contributed by atoms with Crippen molar-refractivity contribution in [3.8, 4) is 5.69 Å². The Morgan fingerprint density at radius 3 is 2.77 bits per heavy atom. The van der Waals surface area contributed by atoms with E-state index >= 15 is 0 Å². The number of nitrogens with one attached hydrogen (secondary N) is 1. The summed E-state index contributed by atoms with van der Waals surface area (Å²) in [5.41, 5.74) is 4.09. The number of nitrogens with zero attached hydrogens (tertiary/aromatic N) is 5. The number of hydrogen-bond donors (Lipinski definition) is 1. The van der Waals surface area contributed by atoms with E-state index in [0.29, 0.717) is 5.71 Å². The topological polar surface area (TPSA) is 94.3 Å². The predicted octanol–water partition coefficient (Wildman–Crippen LogP) is 1.91. The standard InChI is InChI=1S/C14H18N6O2/c1-10(16-17-13(21)22-14(2,3)4)11-6-5-7-12(8-11)20-9-15-18-19-20/h5-9H,1-4H3,(H,17,21). The van der Waals surface area contributed by atoms with Crippen LogP contribution < -0.4 is 5.43 Å². The molecule has 0 bridgehead atoms. The molecule has 8 nitrogen and oxygen atoms in total. The third kappa shape index (κ3) is 4.37. The lowest BCUT2D eigenvalue weighted by molar-refractivity contribution is 0.0529. The second kappa shape index (κ2) is 6.33. The van der Waals surface area contributed by atoms with Gasteiger partial charge in [-0.05, 0) is 55.8 Å². The Labute approximate surface area is 128 Å². The average molecular weight is 302 g/mol. The van der Waals surface area contributed by atoms with Gasteiger partial charge in [0.05, 0.1) is 11.4 Å². The van der Waals surface area contributed by atoms with E-state index in [0.717, 1.165) is 11.3 Å². The molecular formula is C14H18N6O2. The number of amides is 1. The van der Waals surface area contributed by atoms with E-state index in [4.69, 9.17) is 4.74 Å². The van der Waals surface area contributed by atoms with Gasteiger partial charge >= 0.3 is 6.09 Å². The van der Waals surface area contributed by atoms with E-state index in [9.17, 15) is 4.79 Å². The van der Waals surface area contributed by atoms with Crippen molar-refractivity contribution >= 4 is 11.8 Å². The highest BCUT2D eigenvalue weighted by Gasteiger charge is 2.15. The molecule has 2 aromatic rings. The molecule has 1 aromatic heterocycles. The van der Waals surface area contributed by atoms with Crippen LogP contribution in [0.1, 0.15) is 33.3 Å². The zero-order valence-electron chi connectivity index (χ0n) is 12.9. The lowest BCUT2D eigenvalue weighted by Gasteiger charge is -2.18. The molecule has 0 aliphatic rings. The highest BCUT2D eigenvalue weighted by Crippen LogP contribution is 2.10. The van der Waals surface area contributed by atoms with Crippen LogP contribution in [0.5, 0.6) is 0 Å². The van der Waals surface area contributed by atoms with Gasteiger partial charge < -0.3 is 4.74 Å². The third-order valence-corrected chi connectivity index (χ3v) is 2.59. The number of rotatable bonds is 3. The Bertz CT molecular complexity index is 673. The molecule has 0 unspecified atom stereocenters. The summed E-state index contributed by atoms with van der Waals surface area (Å²) in [4.78, 5) is 11.6. The molecule has 0 aliphatic carbocycles. The zero-order valence-corrected chi connectivity index (χ0v) is 12.9. The summed E-state index contributed by atoms with van der Waals surface area (Å²) in [6.45, 7) is 7.16. The number of carbonyl (C=O) groups is 1. The van der Waals surface area contributed by atoms with Crippen molar-refractivity contribution in [3.05, 3.63) is 36.2 Å². The molecule has 0 aliphatic heterocycles. The fourth-order valence-electron chi connectivity index (χ4n) is 1.65. The van der Waals surface area contributed by atoms with E-state index < -0.39 is 11.7 Å². The first-order chi connectivity index (χ1) is 10.3. The van der Waals surface area contributed by atoms with Gasteiger partial charge in [0.2, 0.25) is 0 Å². The zero-order chi connectivity index (χ0) is 16.2. The van der Waals surface area contributed by atoms with E-state index in [1.807, 2.05) is 24.3 Å². The van der Waals surface area contributed by atoms with Crippen molar-refractivity contribution in [1.29, 1.82) is 0 Å². The smallest absolute Gasteiger partial charge is 0.428 e. The SMILES string of the molecule is CC(=NNC(=O)OC(C)(C)C)c1cccc(-n2cnnn2)c1. The summed E-state index contributed by atoms with van der Waals surface area (Å²) < 4.78 is 6.66. The second-order valence-corrected chi connectivity index (χ2v) is 5.62. The number of tetrazole rings is 1. The number of ether oxygens (including phenoxy) is 1. The quantitative estimate of drug-likeness (QED) is 0.690. The molecule has 2 rings (SSSR count). The van der Waals surface area contributed by atoms with Crippen LogP contribution in [-0.2, 0) is 4.74 Å². The van der Waals surface area contributed by atoms with Gasteiger partial charge in [-0.2, -0.15) is 5.10 Å². The van der Waals surface area contributed by atoms with E-state index in [-0.39, 0.29) is 0 Å². The summed E-state index contributed by atoms with van der Waals surface area (Å²) in [7, 11) is 0. The maximum atomic E-state index is 11.6. The van der Waals surface area contributed by atoms with Gasteiger partial charge in [-0.3, -0.25) is 0 Å². The van der Waals surface area contributed by atoms with Gasteiger partial charge in [-0.1, -0.05) is 12.1 Å². The van der Waals surface area contributed by atoms with E-state index in [2.05, 4.69) is 26.1 Å². The maximum absolute atomic E-state index is 11.6. The highest BCUT2D eigenvalue weighted by molar-refractivity contribution is 5.99. The molecule has 0 radical (unpaired) electrons. The lowest BCUT2D eigenvalue weighted by atomic mass is 10.1. The number of carbonyl (C=O) groups excluding carboxylic acids is 1. The molecule has 1 heterocycles. The summed E-state index contributed by atoms with van der Waals surface area (Å²) >= 11 is 0. The molecular weight excluding hydrogens is 284 g/mol. The Morgan fingerprint density at radius 2 is 2.14 bits per heavy atom. The van der Waals surface area contributed by atoms with Gasteiger partial charge in [0.25, 0.3) is 0 Å². The summed E-state index contributed by atoms with van der Waals surface area (Å²) in [5, 5.41) is 15.1. The Balaban J connectivity index is 2.09. The van der Waals surface area contributed by atoms with Crippen LogP contribution in [0.4, 0.5) is 4.79 Å². The second-order valence-electron chi connectivity index (χ2n) is 5.62. The van der Waals surface area contributed by atoms with Crippen molar-refractivity contribution < 1.29 is 9.53 Å². The molecule has 1 amide bonds. The van der Waals surface area contributed by atoms with Crippen molar-refractivity contribution in [2.45, 2.75) is 33.3 Å². The van der Waals surface area contributed by atoms with Crippen molar-refractivity contribution in [3.63, 3.8) is 0 Å². The fourth-order valence-corrected chi connectivity index (χ4v) is 1.65. The van der Waals surface area contributed by atoms with E-state index in [1.54, 1.807) is 27.7 Å². The summed E-state index contributed by atoms with van der Waals surface area (Å²) in [6, 6.07) is 7.47. The van der Waals surface area contributed by atoms with Crippen LogP contribution in [-0.4, -0.2) is 37.6 Å². The average Bonchev–Trinajstić information content (AvgIpc) is 2.97.